The second-order valence-electron chi connectivity index (χ2n) is 6.15. The molecular weight excluding hydrogens is 366 g/mol. The Morgan fingerprint density at radius 1 is 1.30 bits per heavy atom. The van der Waals surface area contributed by atoms with Gasteiger partial charge in [0.25, 0.3) is 5.91 Å². The van der Waals surface area contributed by atoms with Gasteiger partial charge in [0.05, 0.1) is 17.1 Å². The summed E-state index contributed by atoms with van der Waals surface area (Å²) < 4.78 is 6.85. The first-order chi connectivity index (χ1) is 13.0. The highest BCUT2D eigenvalue weighted by Gasteiger charge is 2.16. The van der Waals surface area contributed by atoms with E-state index in [9.17, 15) is 4.79 Å². The number of imidazole rings is 1. The molecule has 4 rings (SSSR count). The van der Waals surface area contributed by atoms with Gasteiger partial charge in [-0.1, -0.05) is 28.9 Å². The normalized spacial score (nSPS) is 11.1. The number of amides is 1. The lowest BCUT2D eigenvalue weighted by Crippen LogP contribution is -2.23. The van der Waals surface area contributed by atoms with Crippen molar-refractivity contribution in [1.82, 2.24) is 25.0 Å². The summed E-state index contributed by atoms with van der Waals surface area (Å²) in [4.78, 5) is 21.4. The molecule has 0 saturated carbocycles. The van der Waals surface area contributed by atoms with E-state index in [0.29, 0.717) is 39.0 Å². The van der Waals surface area contributed by atoms with Crippen molar-refractivity contribution in [3.8, 4) is 11.4 Å². The highest BCUT2D eigenvalue weighted by atomic mass is 35.5. The number of aryl methyl sites for hydroxylation is 2. The average molecular weight is 382 g/mol. The van der Waals surface area contributed by atoms with Crippen LogP contribution in [0.1, 0.15) is 21.8 Å². The molecule has 27 heavy (non-hydrogen) atoms. The Labute approximate surface area is 160 Å². The highest BCUT2D eigenvalue weighted by Crippen LogP contribution is 2.28. The molecule has 0 aliphatic rings. The molecular formula is C19H16ClN5O2. The van der Waals surface area contributed by atoms with E-state index in [0.717, 1.165) is 5.56 Å². The fourth-order valence-electron chi connectivity index (χ4n) is 2.86. The van der Waals surface area contributed by atoms with Crippen molar-refractivity contribution >= 4 is 28.7 Å². The fourth-order valence-corrected chi connectivity index (χ4v) is 3.08. The van der Waals surface area contributed by atoms with E-state index in [4.69, 9.17) is 16.1 Å². The first kappa shape index (κ1) is 17.2. The van der Waals surface area contributed by atoms with Crippen molar-refractivity contribution < 1.29 is 9.32 Å². The van der Waals surface area contributed by atoms with Crippen molar-refractivity contribution in [3.63, 3.8) is 0 Å². The molecule has 0 fully saturated rings. The summed E-state index contributed by atoms with van der Waals surface area (Å²) in [7, 11) is 1.87. The molecule has 8 heteroatoms. The number of hydrogen-bond acceptors (Lipinski definition) is 5. The average Bonchev–Trinajstić information content (AvgIpc) is 3.23. The van der Waals surface area contributed by atoms with Gasteiger partial charge < -0.3 is 14.4 Å². The van der Waals surface area contributed by atoms with E-state index in [1.807, 2.05) is 35.9 Å². The van der Waals surface area contributed by atoms with Gasteiger partial charge >= 0.3 is 0 Å². The van der Waals surface area contributed by atoms with Gasteiger partial charge in [0, 0.05) is 24.9 Å². The van der Waals surface area contributed by atoms with Gasteiger partial charge in [-0.15, -0.1) is 0 Å². The number of aromatic nitrogens is 4. The van der Waals surface area contributed by atoms with Crippen molar-refractivity contribution in [2.45, 2.75) is 13.5 Å². The van der Waals surface area contributed by atoms with Crippen LogP contribution in [-0.4, -0.2) is 25.6 Å². The summed E-state index contributed by atoms with van der Waals surface area (Å²) in [5.41, 5.74) is 3.19. The number of carbonyl (C=O) groups excluding carboxylic acids is 1. The number of nitrogens with zero attached hydrogens (tertiary/aromatic N) is 4. The Kier molecular flexibility index (Phi) is 4.37. The zero-order valence-electron chi connectivity index (χ0n) is 14.7. The third-order valence-electron chi connectivity index (χ3n) is 4.19. The zero-order chi connectivity index (χ0) is 19.0. The van der Waals surface area contributed by atoms with Crippen LogP contribution < -0.4 is 5.32 Å². The van der Waals surface area contributed by atoms with Crippen LogP contribution in [0.3, 0.4) is 0 Å². The van der Waals surface area contributed by atoms with Crippen LogP contribution in [-0.2, 0) is 13.6 Å². The van der Waals surface area contributed by atoms with Crippen LogP contribution in [0.15, 0.2) is 47.1 Å². The van der Waals surface area contributed by atoms with E-state index >= 15 is 0 Å². The van der Waals surface area contributed by atoms with E-state index in [2.05, 4.69) is 20.4 Å². The quantitative estimate of drug-likeness (QED) is 0.584. The van der Waals surface area contributed by atoms with Gasteiger partial charge in [0.15, 0.2) is 5.65 Å². The standard InChI is InChI=1S/C19H16ClN5O2/c1-11-7-13(24-27-11)10-22-19(26)12-8-16-18(21-9-12)25(2)17(23-16)14-5-3-4-6-15(14)20/h3-9H,10H2,1-2H3,(H,22,26). The van der Waals surface area contributed by atoms with E-state index in [-0.39, 0.29) is 12.5 Å². The summed E-state index contributed by atoms with van der Waals surface area (Å²) in [6, 6.07) is 11.0. The van der Waals surface area contributed by atoms with Gasteiger partial charge in [-0.25, -0.2) is 9.97 Å². The number of hydrogen-bond donors (Lipinski definition) is 1. The van der Waals surface area contributed by atoms with Crippen molar-refractivity contribution in [1.29, 1.82) is 0 Å². The van der Waals surface area contributed by atoms with Gasteiger partial charge in [0.1, 0.15) is 22.8 Å². The summed E-state index contributed by atoms with van der Waals surface area (Å²) in [6.07, 6.45) is 1.53. The first-order valence-electron chi connectivity index (χ1n) is 8.30. The number of nitrogens with one attached hydrogen (secondary N) is 1. The molecule has 3 aromatic heterocycles. The summed E-state index contributed by atoms with van der Waals surface area (Å²) in [6.45, 7) is 2.08. The predicted molar refractivity (Wildman–Crippen MR) is 101 cm³/mol. The molecule has 1 amide bonds. The Bertz CT molecular complexity index is 1150. The van der Waals surface area contributed by atoms with E-state index < -0.39 is 0 Å². The number of carbonyl (C=O) groups is 1. The Morgan fingerprint density at radius 2 is 2.11 bits per heavy atom. The monoisotopic (exact) mass is 381 g/mol. The van der Waals surface area contributed by atoms with Crippen molar-refractivity contribution in [3.05, 3.63) is 64.6 Å². The van der Waals surface area contributed by atoms with Crippen molar-refractivity contribution in [2.24, 2.45) is 7.05 Å². The van der Waals surface area contributed by atoms with Gasteiger partial charge in [-0.05, 0) is 25.1 Å². The van der Waals surface area contributed by atoms with Gasteiger partial charge in [-0.3, -0.25) is 4.79 Å². The molecule has 3 heterocycles. The molecule has 136 valence electrons. The maximum Gasteiger partial charge on any atom is 0.253 e. The summed E-state index contributed by atoms with van der Waals surface area (Å²) in [5, 5.41) is 7.26. The summed E-state index contributed by atoms with van der Waals surface area (Å²) >= 11 is 6.29. The number of pyridine rings is 1. The van der Waals surface area contributed by atoms with Crippen molar-refractivity contribution in [2.75, 3.05) is 0 Å². The molecule has 0 aliphatic carbocycles. The van der Waals surface area contributed by atoms with E-state index in [1.54, 1.807) is 19.1 Å². The Balaban J connectivity index is 1.62. The second-order valence-corrected chi connectivity index (χ2v) is 6.56. The lowest BCUT2D eigenvalue weighted by Gasteiger charge is -2.04. The maximum atomic E-state index is 12.4. The predicted octanol–water partition coefficient (Wildman–Crippen LogP) is 3.52. The highest BCUT2D eigenvalue weighted by molar-refractivity contribution is 6.33. The number of halogens is 1. The second kappa shape index (κ2) is 6.85. The minimum Gasteiger partial charge on any atom is -0.361 e. The Morgan fingerprint density at radius 3 is 2.85 bits per heavy atom. The molecule has 0 aliphatic heterocycles. The lowest BCUT2D eigenvalue weighted by atomic mass is 10.2. The third kappa shape index (κ3) is 3.29. The van der Waals surface area contributed by atoms with Crippen LogP contribution in [0.5, 0.6) is 0 Å². The number of benzene rings is 1. The largest absolute Gasteiger partial charge is 0.361 e. The molecule has 0 atom stereocenters. The SMILES string of the molecule is Cc1cc(CNC(=O)c2cnc3c(c2)nc(-c2ccccc2Cl)n3C)no1. The number of fused-ring (bicyclic) bond motifs is 1. The molecule has 4 aromatic rings. The molecule has 0 saturated heterocycles. The zero-order valence-corrected chi connectivity index (χ0v) is 15.5. The van der Waals surface area contributed by atoms with Crippen LogP contribution in [0.25, 0.3) is 22.6 Å². The first-order valence-corrected chi connectivity index (χ1v) is 8.68. The van der Waals surface area contributed by atoms with Crippen LogP contribution in [0, 0.1) is 6.92 Å². The van der Waals surface area contributed by atoms with Gasteiger partial charge in [-0.2, -0.15) is 0 Å². The fraction of sp³-hybridized carbons (Fsp3) is 0.158. The molecule has 1 N–H and O–H groups in total. The molecule has 0 radical (unpaired) electrons. The van der Waals surface area contributed by atoms with Crippen LogP contribution >= 0.6 is 11.6 Å². The molecule has 0 spiro atoms. The molecule has 0 unspecified atom stereocenters. The van der Waals surface area contributed by atoms with Gasteiger partial charge in [0.2, 0.25) is 0 Å². The Hall–Kier alpha value is -3.19. The minimum absolute atomic E-state index is 0.255. The van der Waals surface area contributed by atoms with Crippen LogP contribution in [0.4, 0.5) is 0 Å². The molecule has 7 nitrogen and oxygen atoms in total. The minimum atomic E-state index is -0.255. The van der Waals surface area contributed by atoms with Crippen LogP contribution in [0.2, 0.25) is 5.02 Å². The maximum absolute atomic E-state index is 12.4. The lowest BCUT2D eigenvalue weighted by molar-refractivity contribution is 0.0950. The third-order valence-corrected chi connectivity index (χ3v) is 4.52. The topological polar surface area (TPSA) is 85.8 Å². The number of rotatable bonds is 4. The van der Waals surface area contributed by atoms with E-state index in [1.165, 1.54) is 6.20 Å². The molecule has 0 bridgehead atoms. The smallest absolute Gasteiger partial charge is 0.253 e. The molecule has 1 aromatic carbocycles. The summed E-state index contributed by atoms with van der Waals surface area (Å²) in [5.74, 6) is 1.14.